The largest absolute Gasteiger partial charge is 0.504 e. The van der Waals surface area contributed by atoms with Crippen LogP contribution in [0.1, 0.15) is 30.9 Å². The van der Waals surface area contributed by atoms with Gasteiger partial charge in [0.2, 0.25) is 0 Å². The fourth-order valence-corrected chi connectivity index (χ4v) is 3.71. The number of benzene rings is 2. The number of hydrogen-bond acceptors (Lipinski definition) is 5. The monoisotopic (exact) mass is 336 g/mol. The number of aliphatic imine (C=N–C) groups is 1. The van der Waals surface area contributed by atoms with Gasteiger partial charge in [-0.3, -0.25) is 9.79 Å². The molecule has 4 rings (SSSR count). The first kappa shape index (κ1) is 15.7. The van der Waals surface area contributed by atoms with Crippen molar-refractivity contribution in [1.29, 1.82) is 0 Å². The molecule has 0 bridgehead atoms. The molecule has 0 radical (unpaired) electrons. The van der Waals surface area contributed by atoms with E-state index in [0.717, 1.165) is 35.5 Å². The van der Waals surface area contributed by atoms with Crippen molar-refractivity contribution in [3.05, 3.63) is 48.0 Å². The maximum absolute atomic E-state index is 12.7. The Labute approximate surface area is 146 Å². The van der Waals surface area contributed by atoms with Crippen molar-refractivity contribution < 1.29 is 14.6 Å². The van der Waals surface area contributed by atoms with Crippen LogP contribution in [-0.4, -0.2) is 23.7 Å². The van der Waals surface area contributed by atoms with E-state index in [1.807, 2.05) is 30.3 Å². The van der Waals surface area contributed by atoms with Gasteiger partial charge in [0.1, 0.15) is 5.78 Å². The smallest absolute Gasteiger partial charge is 0.160 e. The molecule has 2 aromatic carbocycles. The van der Waals surface area contributed by atoms with Crippen LogP contribution in [0.25, 0.3) is 0 Å². The van der Waals surface area contributed by atoms with Crippen LogP contribution in [0.4, 0.5) is 11.4 Å². The maximum Gasteiger partial charge on any atom is 0.160 e. The zero-order valence-corrected chi connectivity index (χ0v) is 14.0. The molecule has 1 fully saturated rings. The maximum atomic E-state index is 12.7. The number of anilines is 1. The van der Waals surface area contributed by atoms with Gasteiger partial charge in [-0.1, -0.05) is 18.2 Å². The molecule has 0 amide bonds. The van der Waals surface area contributed by atoms with Gasteiger partial charge in [-0.05, 0) is 42.7 Å². The summed E-state index contributed by atoms with van der Waals surface area (Å²) >= 11 is 0. The zero-order chi connectivity index (χ0) is 17.4. The molecule has 5 nitrogen and oxygen atoms in total. The fourth-order valence-electron chi connectivity index (χ4n) is 3.71. The first-order valence-electron chi connectivity index (χ1n) is 8.50. The third kappa shape index (κ3) is 2.76. The number of aromatic hydroxyl groups is 1. The number of methoxy groups -OCH3 is 1. The molecule has 1 saturated carbocycles. The third-order valence-corrected chi connectivity index (χ3v) is 4.94. The Balaban J connectivity index is 1.85. The Morgan fingerprint density at radius 3 is 2.88 bits per heavy atom. The van der Waals surface area contributed by atoms with Gasteiger partial charge in [-0.15, -0.1) is 0 Å². The minimum absolute atomic E-state index is 0.0872. The normalized spacial score (nSPS) is 22.1. The molecule has 25 heavy (non-hydrogen) atoms. The second kappa shape index (κ2) is 6.24. The van der Waals surface area contributed by atoms with E-state index in [2.05, 4.69) is 5.32 Å². The number of ketones is 1. The summed E-state index contributed by atoms with van der Waals surface area (Å²) in [4.78, 5) is 17.5. The van der Waals surface area contributed by atoms with Gasteiger partial charge in [-0.25, -0.2) is 0 Å². The number of rotatable bonds is 2. The zero-order valence-electron chi connectivity index (χ0n) is 14.0. The molecule has 0 saturated heterocycles. The van der Waals surface area contributed by atoms with Crippen molar-refractivity contribution in [3.8, 4) is 11.5 Å². The average Bonchev–Trinajstić information content (AvgIpc) is 2.79. The lowest BCUT2D eigenvalue weighted by Gasteiger charge is -2.30. The number of Topliss-reactive ketones (excluding diaryl/α,β-unsaturated/α-hetero) is 1. The molecule has 128 valence electrons. The molecule has 2 unspecified atom stereocenters. The SMILES string of the molecule is COc1cc(C2Nc3ccccc3N=C3CCCC(=O)C32)ccc1O. The van der Waals surface area contributed by atoms with Crippen molar-refractivity contribution in [1.82, 2.24) is 0 Å². The minimum atomic E-state index is -0.296. The van der Waals surface area contributed by atoms with E-state index in [0.29, 0.717) is 12.2 Å². The Morgan fingerprint density at radius 2 is 2.04 bits per heavy atom. The molecular formula is C20H20N2O3. The number of fused-ring (bicyclic) bond motifs is 2. The highest BCUT2D eigenvalue weighted by atomic mass is 16.5. The molecular weight excluding hydrogens is 316 g/mol. The van der Waals surface area contributed by atoms with E-state index in [-0.39, 0.29) is 23.5 Å². The second-order valence-electron chi connectivity index (χ2n) is 6.47. The first-order valence-corrected chi connectivity index (χ1v) is 8.50. The molecule has 1 heterocycles. The van der Waals surface area contributed by atoms with Gasteiger partial charge in [0.15, 0.2) is 11.5 Å². The summed E-state index contributed by atoms with van der Waals surface area (Å²) < 4.78 is 5.25. The quantitative estimate of drug-likeness (QED) is 0.869. The molecule has 1 aliphatic heterocycles. The van der Waals surface area contributed by atoms with Gasteiger partial charge >= 0.3 is 0 Å². The summed E-state index contributed by atoms with van der Waals surface area (Å²) in [6.45, 7) is 0. The number of carbonyl (C=O) groups is 1. The fraction of sp³-hybridized carbons (Fsp3) is 0.300. The molecule has 2 aliphatic rings. The van der Waals surface area contributed by atoms with Gasteiger partial charge in [-0.2, -0.15) is 0 Å². The lowest BCUT2D eigenvalue weighted by Crippen LogP contribution is -2.36. The van der Waals surface area contributed by atoms with E-state index in [4.69, 9.17) is 9.73 Å². The van der Waals surface area contributed by atoms with E-state index < -0.39 is 0 Å². The third-order valence-electron chi connectivity index (χ3n) is 4.94. The van der Waals surface area contributed by atoms with E-state index in [1.54, 1.807) is 12.1 Å². The standard InChI is InChI=1S/C20H20N2O3/c1-25-18-11-12(9-10-16(18)23)20-19-15(7-4-8-17(19)24)21-13-5-2-3-6-14(13)22-20/h2-3,5-6,9-11,19-20,22-23H,4,7-8H2,1H3. The van der Waals surface area contributed by atoms with Crippen LogP contribution in [0.5, 0.6) is 11.5 Å². The van der Waals surface area contributed by atoms with Gasteiger partial charge in [0, 0.05) is 12.1 Å². The molecule has 2 atom stereocenters. The first-order chi connectivity index (χ1) is 12.2. The van der Waals surface area contributed by atoms with Crippen LogP contribution in [0.2, 0.25) is 0 Å². The van der Waals surface area contributed by atoms with E-state index in [9.17, 15) is 9.90 Å². The number of hydrogen-bond donors (Lipinski definition) is 2. The molecule has 0 aromatic heterocycles. The summed E-state index contributed by atoms with van der Waals surface area (Å²) in [5, 5.41) is 13.4. The summed E-state index contributed by atoms with van der Waals surface area (Å²) in [6, 6.07) is 12.9. The number of phenolic OH excluding ortho intramolecular Hbond substituents is 1. The molecule has 0 spiro atoms. The second-order valence-corrected chi connectivity index (χ2v) is 6.47. The van der Waals surface area contributed by atoms with Crippen LogP contribution in [0.3, 0.4) is 0 Å². The van der Waals surface area contributed by atoms with Gasteiger partial charge < -0.3 is 15.2 Å². The molecule has 2 aromatic rings. The van der Waals surface area contributed by atoms with Crippen molar-refractivity contribution in [2.24, 2.45) is 10.9 Å². The predicted molar refractivity (Wildman–Crippen MR) is 96.9 cm³/mol. The lowest BCUT2D eigenvalue weighted by molar-refractivity contribution is -0.122. The number of carbonyl (C=O) groups excluding carboxylic acids is 1. The number of nitrogens with one attached hydrogen (secondary N) is 1. The summed E-state index contributed by atoms with van der Waals surface area (Å²) in [7, 11) is 1.52. The Morgan fingerprint density at radius 1 is 1.20 bits per heavy atom. The summed E-state index contributed by atoms with van der Waals surface area (Å²) in [5.74, 6) is 0.403. The van der Waals surface area contributed by atoms with Gasteiger partial charge in [0.25, 0.3) is 0 Å². The van der Waals surface area contributed by atoms with Crippen molar-refractivity contribution in [3.63, 3.8) is 0 Å². The van der Waals surface area contributed by atoms with Crippen molar-refractivity contribution in [2.45, 2.75) is 25.3 Å². The molecule has 5 heteroatoms. The molecule has 1 aliphatic carbocycles. The topological polar surface area (TPSA) is 70.9 Å². The predicted octanol–water partition coefficient (Wildman–Crippen LogP) is 4.01. The Bertz CT molecular complexity index is 860. The van der Waals surface area contributed by atoms with Crippen LogP contribution in [-0.2, 0) is 4.79 Å². The highest BCUT2D eigenvalue weighted by Gasteiger charge is 2.38. The van der Waals surface area contributed by atoms with Crippen LogP contribution in [0.15, 0.2) is 47.5 Å². The van der Waals surface area contributed by atoms with E-state index in [1.165, 1.54) is 7.11 Å². The van der Waals surface area contributed by atoms with Crippen molar-refractivity contribution in [2.75, 3.05) is 12.4 Å². The average molecular weight is 336 g/mol. The number of phenols is 1. The summed E-state index contributed by atoms with van der Waals surface area (Å²) in [5.41, 5.74) is 3.62. The number of para-hydroxylation sites is 2. The van der Waals surface area contributed by atoms with E-state index >= 15 is 0 Å². The lowest BCUT2D eigenvalue weighted by atomic mass is 9.78. The summed E-state index contributed by atoms with van der Waals surface area (Å²) in [6.07, 6.45) is 2.26. The Kier molecular flexibility index (Phi) is 3.92. The van der Waals surface area contributed by atoms with Crippen LogP contribution < -0.4 is 10.1 Å². The van der Waals surface area contributed by atoms with Crippen LogP contribution >= 0.6 is 0 Å². The highest BCUT2D eigenvalue weighted by Crippen LogP contribution is 2.42. The molecule has 2 N–H and O–H groups in total. The minimum Gasteiger partial charge on any atom is -0.504 e. The highest BCUT2D eigenvalue weighted by molar-refractivity contribution is 6.10. The van der Waals surface area contributed by atoms with Gasteiger partial charge in [0.05, 0.1) is 30.4 Å². The van der Waals surface area contributed by atoms with Crippen molar-refractivity contribution >= 4 is 22.9 Å². The Hall–Kier alpha value is -2.82. The van der Waals surface area contributed by atoms with Crippen LogP contribution in [0, 0.1) is 5.92 Å². The number of nitrogens with zero attached hydrogens (tertiary/aromatic N) is 1. The number of ether oxygens (including phenoxy) is 1.